The average molecular weight is 356 g/mol. The van der Waals surface area contributed by atoms with Crippen molar-refractivity contribution in [3.8, 4) is 0 Å². The number of hydrogen-bond donors (Lipinski definition) is 2. The third kappa shape index (κ3) is 4.84. The summed E-state index contributed by atoms with van der Waals surface area (Å²) in [5.74, 6) is -0.640. The Balaban J connectivity index is 1.42. The Hall–Kier alpha value is -2.83. The summed E-state index contributed by atoms with van der Waals surface area (Å²) in [6, 6.07) is 9.96. The Labute approximate surface area is 152 Å². The van der Waals surface area contributed by atoms with Gasteiger partial charge in [0, 0.05) is 31.4 Å². The third-order valence-electron chi connectivity index (χ3n) is 4.43. The number of rotatable bonds is 5. The second-order valence-corrected chi connectivity index (χ2v) is 6.50. The van der Waals surface area contributed by atoms with Gasteiger partial charge < -0.3 is 14.7 Å². The van der Waals surface area contributed by atoms with E-state index >= 15 is 0 Å². The number of aryl methyl sites for hydroxylation is 1. The van der Waals surface area contributed by atoms with E-state index in [4.69, 9.17) is 4.52 Å². The molecule has 1 aromatic carbocycles. The highest BCUT2D eigenvalue weighted by molar-refractivity contribution is 6.39. The zero-order valence-electron chi connectivity index (χ0n) is 15.0. The Morgan fingerprint density at radius 2 is 1.85 bits per heavy atom. The van der Waals surface area contributed by atoms with Crippen LogP contribution in [0.5, 0.6) is 0 Å². The predicted molar refractivity (Wildman–Crippen MR) is 99.1 cm³/mol. The van der Waals surface area contributed by atoms with E-state index in [2.05, 4.69) is 45.0 Å². The van der Waals surface area contributed by atoms with Crippen LogP contribution in [0.15, 0.2) is 34.9 Å². The standard InChI is InChI=1S/C19H24N4O3/c1-14-13-17(22-26-14)21-19(25)18(24)20-10-9-15-5-7-16(8-6-15)23-11-3-2-4-12-23/h5-8,13H,2-4,9-12H2,1H3,(H,20,24)(H,21,22,25). The molecular weight excluding hydrogens is 332 g/mol. The van der Waals surface area contributed by atoms with Gasteiger partial charge >= 0.3 is 11.8 Å². The molecule has 2 amide bonds. The van der Waals surface area contributed by atoms with Crippen molar-refractivity contribution in [1.82, 2.24) is 10.5 Å². The lowest BCUT2D eigenvalue weighted by Gasteiger charge is -2.28. The van der Waals surface area contributed by atoms with Gasteiger partial charge in [0.25, 0.3) is 0 Å². The SMILES string of the molecule is Cc1cc(NC(=O)C(=O)NCCc2ccc(N3CCCCC3)cc2)no1. The average Bonchev–Trinajstić information content (AvgIpc) is 3.07. The monoisotopic (exact) mass is 356 g/mol. The van der Waals surface area contributed by atoms with Crippen molar-refractivity contribution >= 4 is 23.3 Å². The summed E-state index contributed by atoms with van der Waals surface area (Å²) in [5.41, 5.74) is 2.37. The van der Waals surface area contributed by atoms with E-state index in [1.54, 1.807) is 13.0 Å². The second kappa shape index (κ2) is 8.51. The van der Waals surface area contributed by atoms with Crippen LogP contribution in [-0.2, 0) is 16.0 Å². The lowest BCUT2D eigenvalue weighted by Crippen LogP contribution is -2.36. The van der Waals surface area contributed by atoms with Gasteiger partial charge in [-0.15, -0.1) is 0 Å². The minimum absolute atomic E-state index is 0.232. The fourth-order valence-corrected chi connectivity index (χ4v) is 3.02. The van der Waals surface area contributed by atoms with Crippen molar-refractivity contribution in [3.05, 3.63) is 41.7 Å². The molecule has 2 N–H and O–H groups in total. The molecule has 0 atom stereocenters. The van der Waals surface area contributed by atoms with Crippen molar-refractivity contribution < 1.29 is 14.1 Å². The molecule has 2 aromatic rings. The smallest absolute Gasteiger partial charge is 0.314 e. The molecule has 7 heteroatoms. The molecule has 2 heterocycles. The molecule has 26 heavy (non-hydrogen) atoms. The molecule has 0 unspecified atom stereocenters. The first kappa shape index (κ1) is 18.0. The summed E-state index contributed by atoms with van der Waals surface area (Å²) in [6.07, 6.45) is 4.49. The molecule has 0 saturated carbocycles. The topological polar surface area (TPSA) is 87.5 Å². The van der Waals surface area contributed by atoms with E-state index in [1.807, 2.05) is 0 Å². The van der Waals surface area contributed by atoms with Crippen LogP contribution in [0.1, 0.15) is 30.6 Å². The van der Waals surface area contributed by atoms with Crippen LogP contribution in [0.4, 0.5) is 11.5 Å². The summed E-state index contributed by atoms with van der Waals surface area (Å²) in [5, 5.41) is 8.63. The Morgan fingerprint density at radius 3 is 2.50 bits per heavy atom. The third-order valence-corrected chi connectivity index (χ3v) is 4.43. The van der Waals surface area contributed by atoms with E-state index in [1.165, 1.54) is 24.9 Å². The molecule has 0 spiro atoms. The number of benzene rings is 1. The van der Waals surface area contributed by atoms with Crippen LogP contribution in [0.3, 0.4) is 0 Å². The van der Waals surface area contributed by atoms with Crippen LogP contribution in [0.2, 0.25) is 0 Å². The molecule has 7 nitrogen and oxygen atoms in total. The molecule has 0 bridgehead atoms. The van der Waals surface area contributed by atoms with E-state index in [-0.39, 0.29) is 5.82 Å². The van der Waals surface area contributed by atoms with Gasteiger partial charge in [0.2, 0.25) is 0 Å². The van der Waals surface area contributed by atoms with Gasteiger partial charge in [0.15, 0.2) is 5.82 Å². The number of hydrogen-bond acceptors (Lipinski definition) is 5. The first-order valence-corrected chi connectivity index (χ1v) is 8.98. The van der Waals surface area contributed by atoms with Gasteiger partial charge in [-0.3, -0.25) is 14.9 Å². The van der Waals surface area contributed by atoms with Crippen LogP contribution in [0.25, 0.3) is 0 Å². The van der Waals surface area contributed by atoms with E-state index < -0.39 is 11.8 Å². The molecule has 1 saturated heterocycles. The molecule has 138 valence electrons. The Kier molecular flexibility index (Phi) is 5.88. The van der Waals surface area contributed by atoms with Crippen molar-refractivity contribution in [1.29, 1.82) is 0 Å². The quantitative estimate of drug-likeness (QED) is 0.803. The number of amides is 2. The summed E-state index contributed by atoms with van der Waals surface area (Å²) in [7, 11) is 0. The summed E-state index contributed by atoms with van der Waals surface area (Å²) >= 11 is 0. The van der Waals surface area contributed by atoms with Gasteiger partial charge in [-0.25, -0.2) is 0 Å². The predicted octanol–water partition coefficient (Wildman–Crippen LogP) is 2.27. The Bertz CT molecular complexity index is 748. The number of carbonyl (C=O) groups is 2. The molecular formula is C19H24N4O3. The Morgan fingerprint density at radius 1 is 1.12 bits per heavy atom. The normalized spacial score (nSPS) is 14.1. The van der Waals surface area contributed by atoms with Crippen LogP contribution in [0, 0.1) is 6.92 Å². The highest BCUT2D eigenvalue weighted by atomic mass is 16.5. The number of carbonyl (C=O) groups excluding carboxylic acids is 2. The van der Waals surface area contributed by atoms with Crippen molar-refractivity contribution in [2.75, 3.05) is 29.9 Å². The maximum absolute atomic E-state index is 11.8. The molecule has 1 aliphatic heterocycles. The van der Waals surface area contributed by atoms with Gasteiger partial charge in [-0.2, -0.15) is 0 Å². The zero-order chi connectivity index (χ0) is 18.4. The molecule has 3 rings (SSSR count). The van der Waals surface area contributed by atoms with Crippen molar-refractivity contribution in [2.24, 2.45) is 0 Å². The minimum atomic E-state index is -0.751. The minimum Gasteiger partial charge on any atom is -0.372 e. The molecule has 0 aliphatic carbocycles. The maximum Gasteiger partial charge on any atom is 0.314 e. The zero-order valence-corrected chi connectivity index (χ0v) is 15.0. The molecule has 1 aromatic heterocycles. The molecule has 1 fully saturated rings. The highest BCUT2D eigenvalue weighted by Crippen LogP contribution is 2.20. The number of nitrogens with zero attached hydrogens (tertiary/aromatic N) is 2. The first-order valence-electron chi connectivity index (χ1n) is 8.98. The van der Waals surface area contributed by atoms with E-state index in [9.17, 15) is 9.59 Å². The number of nitrogens with one attached hydrogen (secondary N) is 2. The largest absolute Gasteiger partial charge is 0.372 e. The van der Waals surface area contributed by atoms with Crippen LogP contribution in [-0.4, -0.2) is 36.6 Å². The molecule has 0 radical (unpaired) electrons. The number of piperidine rings is 1. The van der Waals surface area contributed by atoms with Gasteiger partial charge in [-0.05, 0) is 50.3 Å². The van der Waals surface area contributed by atoms with Crippen molar-refractivity contribution in [2.45, 2.75) is 32.6 Å². The van der Waals surface area contributed by atoms with Gasteiger partial charge in [0.1, 0.15) is 5.76 Å². The summed E-state index contributed by atoms with van der Waals surface area (Å²) < 4.78 is 4.84. The van der Waals surface area contributed by atoms with Crippen LogP contribution < -0.4 is 15.5 Å². The fourth-order valence-electron chi connectivity index (χ4n) is 3.02. The second-order valence-electron chi connectivity index (χ2n) is 6.50. The summed E-state index contributed by atoms with van der Waals surface area (Å²) in [4.78, 5) is 26.0. The lowest BCUT2D eigenvalue weighted by molar-refractivity contribution is -0.136. The van der Waals surface area contributed by atoms with Gasteiger partial charge in [-0.1, -0.05) is 17.3 Å². The lowest BCUT2D eigenvalue weighted by atomic mass is 10.1. The van der Waals surface area contributed by atoms with Crippen molar-refractivity contribution in [3.63, 3.8) is 0 Å². The molecule has 1 aliphatic rings. The van der Waals surface area contributed by atoms with Gasteiger partial charge in [0.05, 0.1) is 0 Å². The van der Waals surface area contributed by atoms with E-state index in [0.717, 1.165) is 18.7 Å². The number of anilines is 2. The van der Waals surface area contributed by atoms with E-state index in [0.29, 0.717) is 18.7 Å². The van der Waals surface area contributed by atoms with Crippen LogP contribution >= 0.6 is 0 Å². The first-order chi connectivity index (χ1) is 12.6. The number of aromatic nitrogens is 1. The maximum atomic E-state index is 11.8. The summed E-state index contributed by atoms with van der Waals surface area (Å²) in [6.45, 7) is 4.34. The fraction of sp³-hybridized carbons (Fsp3) is 0.421. The highest BCUT2D eigenvalue weighted by Gasteiger charge is 2.15.